The first-order chi connectivity index (χ1) is 8.63. The van der Waals surface area contributed by atoms with Crippen LogP contribution >= 0.6 is 12.4 Å². The molecule has 0 aliphatic rings. The van der Waals surface area contributed by atoms with Gasteiger partial charge in [0.2, 0.25) is 11.7 Å². The molecule has 5 nitrogen and oxygen atoms in total. The van der Waals surface area contributed by atoms with E-state index in [1.54, 1.807) is 7.11 Å². The minimum absolute atomic E-state index is 0. The minimum atomic E-state index is -0.249. The Morgan fingerprint density at radius 3 is 2.58 bits per heavy atom. The van der Waals surface area contributed by atoms with Gasteiger partial charge in [-0.3, -0.25) is 0 Å². The van der Waals surface area contributed by atoms with Crippen molar-refractivity contribution in [2.75, 3.05) is 7.11 Å². The average Bonchev–Trinajstić information content (AvgIpc) is 2.87. The molecule has 19 heavy (non-hydrogen) atoms. The zero-order valence-corrected chi connectivity index (χ0v) is 12.0. The molecule has 2 N–H and O–H groups in total. The van der Waals surface area contributed by atoms with E-state index in [1.807, 2.05) is 38.1 Å². The quantitative estimate of drug-likeness (QED) is 0.934. The fraction of sp³-hybridized carbons (Fsp3) is 0.385. The third kappa shape index (κ3) is 3.24. The second-order valence-corrected chi connectivity index (χ2v) is 4.43. The second-order valence-electron chi connectivity index (χ2n) is 4.43. The Kier molecular flexibility index (Phi) is 5.32. The van der Waals surface area contributed by atoms with Gasteiger partial charge in [0.15, 0.2) is 0 Å². The molecule has 2 rings (SSSR count). The number of hydrogen-bond acceptors (Lipinski definition) is 5. The van der Waals surface area contributed by atoms with Crippen LogP contribution in [0.5, 0.6) is 5.75 Å². The van der Waals surface area contributed by atoms with Gasteiger partial charge in [-0.05, 0) is 18.1 Å². The Bertz CT molecular complexity index is 528. The standard InChI is InChI=1S/C13H17N3O2.ClH/c1-8(2)11(14)13-15-12(16-18-13)9-6-4-5-7-10(9)17-3;/h4-8,11H,14H2,1-3H3;1H. The van der Waals surface area contributed by atoms with Gasteiger partial charge in [0.25, 0.3) is 0 Å². The zero-order chi connectivity index (χ0) is 13.1. The highest BCUT2D eigenvalue weighted by molar-refractivity contribution is 5.85. The van der Waals surface area contributed by atoms with Crippen LogP contribution in [-0.2, 0) is 0 Å². The van der Waals surface area contributed by atoms with Crippen LogP contribution in [0, 0.1) is 5.92 Å². The molecular formula is C13H18ClN3O2. The Balaban J connectivity index is 0.00000180. The highest BCUT2D eigenvalue weighted by Crippen LogP contribution is 2.28. The summed E-state index contributed by atoms with van der Waals surface area (Å²) in [7, 11) is 1.61. The highest BCUT2D eigenvalue weighted by Gasteiger charge is 2.19. The molecule has 104 valence electrons. The number of rotatable bonds is 4. The normalized spacial score (nSPS) is 12.1. The van der Waals surface area contributed by atoms with Crippen molar-refractivity contribution in [1.29, 1.82) is 0 Å². The number of hydrogen-bond donors (Lipinski definition) is 1. The van der Waals surface area contributed by atoms with E-state index in [0.29, 0.717) is 17.5 Å². The molecule has 1 aromatic heterocycles. The molecule has 0 fully saturated rings. The van der Waals surface area contributed by atoms with Crippen molar-refractivity contribution < 1.29 is 9.26 Å². The van der Waals surface area contributed by atoms with Crippen LogP contribution in [-0.4, -0.2) is 17.3 Å². The molecule has 1 atom stereocenters. The first-order valence-corrected chi connectivity index (χ1v) is 5.86. The lowest BCUT2D eigenvalue weighted by Gasteiger charge is -2.09. The van der Waals surface area contributed by atoms with Crippen molar-refractivity contribution in [3.8, 4) is 17.1 Å². The van der Waals surface area contributed by atoms with Crippen molar-refractivity contribution in [1.82, 2.24) is 10.1 Å². The van der Waals surface area contributed by atoms with E-state index in [1.165, 1.54) is 0 Å². The SMILES string of the molecule is COc1ccccc1-c1noc(C(N)C(C)C)n1.Cl. The number of benzene rings is 1. The van der Waals surface area contributed by atoms with E-state index in [0.717, 1.165) is 5.56 Å². The van der Waals surface area contributed by atoms with Crippen molar-refractivity contribution in [2.45, 2.75) is 19.9 Å². The van der Waals surface area contributed by atoms with E-state index in [9.17, 15) is 0 Å². The van der Waals surface area contributed by atoms with Gasteiger partial charge in [0.1, 0.15) is 5.75 Å². The summed E-state index contributed by atoms with van der Waals surface area (Å²) in [6.45, 7) is 4.02. The lowest BCUT2D eigenvalue weighted by atomic mass is 10.1. The fourth-order valence-corrected chi connectivity index (χ4v) is 1.59. The van der Waals surface area contributed by atoms with Gasteiger partial charge >= 0.3 is 0 Å². The molecule has 0 radical (unpaired) electrons. The highest BCUT2D eigenvalue weighted by atomic mass is 35.5. The first-order valence-electron chi connectivity index (χ1n) is 5.86. The number of halogens is 1. The van der Waals surface area contributed by atoms with Crippen molar-refractivity contribution >= 4 is 12.4 Å². The fourth-order valence-electron chi connectivity index (χ4n) is 1.59. The Morgan fingerprint density at radius 2 is 1.95 bits per heavy atom. The molecule has 0 bridgehead atoms. The summed E-state index contributed by atoms with van der Waals surface area (Å²) in [5.41, 5.74) is 6.77. The van der Waals surface area contributed by atoms with E-state index in [2.05, 4.69) is 10.1 Å². The summed E-state index contributed by atoms with van der Waals surface area (Å²) in [5, 5.41) is 3.95. The lowest BCUT2D eigenvalue weighted by Crippen LogP contribution is -2.16. The van der Waals surface area contributed by atoms with E-state index in [-0.39, 0.29) is 24.4 Å². The van der Waals surface area contributed by atoms with Gasteiger partial charge in [0.05, 0.1) is 18.7 Å². The molecule has 0 saturated carbocycles. The maximum Gasteiger partial charge on any atom is 0.244 e. The third-order valence-electron chi connectivity index (χ3n) is 2.79. The molecule has 1 heterocycles. The predicted molar refractivity (Wildman–Crippen MR) is 75.3 cm³/mol. The van der Waals surface area contributed by atoms with Crippen LogP contribution in [0.2, 0.25) is 0 Å². The number of nitrogens with two attached hydrogens (primary N) is 1. The first kappa shape index (κ1) is 15.5. The molecule has 0 aliphatic heterocycles. The van der Waals surface area contributed by atoms with Gasteiger partial charge in [0, 0.05) is 0 Å². The van der Waals surface area contributed by atoms with Crippen LogP contribution in [0.3, 0.4) is 0 Å². The summed E-state index contributed by atoms with van der Waals surface area (Å²) in [6.07, 6.45) is 0. The Morgan fingerprint density at radius 1 is 1.26 bits per heavy atom. The van der Waals surface area contributed by atoms with Gasteiger partial charge in [-0.1, -0.05) is 31.1 Å². The lowest BCUT2D eigenvalue weighted by molar-refractivity contribution is 0.325. The van der Waals surface area contributed by atoms with Crippen LogP contribution in [0.15, 0.2) is 28.8 Å². The van der Waals surface area contributed by atoms with E-state index >= 15 is 0 Å². The van der Waals surface area contributed by atoms with Gasteiger partial charge in [-0.15, -0.1) is 12.4 Å². The number of methoxy groups -OCH3 is 1. The van der Waals surface area contributed by atoms with Gasteiger partial charge in [-0.25, -0.2) is 0 Å². The Labute approximate surface area is 118 Å². The van der Waals surface area contributed by atoms with Crippen LogP contribution in [0.25, 0.3) is 11.4 Å². The number of nitrogens with zero attached hydrogens (tertiary/aromatic N) is 2. The summed E-state index contributed by atoms with van der Waals surface area (Å²) < 4.78 is 10.5. The molecule has 0 spiro atoms. The van der Waals surface area contributed by atoms with E-state index < -0.39 is 0 Å². The third-order valence-corrected chi connectivity index (χ3v) is 2.79. The zero-order valence-electron chi connectivity index (χ0n) is 11.2. The molecule has 6 heteroatoms. The monoisotopic (exact) mass is 283 g/mol. The Hall–Kier alpha value is -1.59. The predicted octanol–water partition coefficient (Wildman–Crippen LogP) is 2.82. The minimum Gasteiger partial charge on any atom is -0.496 e. The molecule has 0 amide bonds. The van der Waals surface area contributed by atoms with Crippen molar-refractivity contribution in [2.24, 2.45) is 11.7 Å². The van der Waals surface area contributed by atoms with Crippen molar-refractivity contribution in [3.05, 3.63) is 30.2 Å². The maximum absolute atomic E-state index is 5.97. The largest absolute Gasteiger partial charge is 0.496 e. The molecular weight excluding hydrogens is 266 g/mol. The number of para-hydroxylation sites is 1. The van der Waals surface area contributed by atoms with Gasteiger partial charge < -0.3 is 15.0 Å². The topological polar surface area (TPSA) is 74.2 Å². The molecule has 1 unspecified atom stereocenters. The van der Waals surface area contributed by atoms with Crippen LogP contribution < -0.4 is 10.5 Å². The van der Waals surface area contributed by atoms with Crippen molar-refractivity contribution in [3.63, 3.8) is 0 Å². The smallest absolute Gasteiger partial charge is 0.244 e. The molecule has 0 aliphatic carbocycles. The van der Waals surface area contributed by atoms with E-state index in [4.69, 9.17) is 15.0 Å². The average molecular weight is 284 g/mol. The summed E-state index contributed by atoms with van der Waals surface area (Å²) in [6, 6.07) is 7.28. The maximum atomic E-state index is 5.97. The molecule has 1 aromatic carbocycles. The summed E-state index contributed by atoms with van der Waals surface area (Å²) >= 11 is 0. The molecule has 2 aromatic rings. The second kappa shape index (κ2) is 6.54. The van der Waals surface area contributed by atoms with Crippen LogP contribution in [0.1, 0.15) is 25.8 Å². The van der Waals surface area contributed by atoms with Gasteiger partial charge in [-0.2, -0.15) is 4.98 Å². The van der Waals surface area contributed by atoms with Crippen LogP contribution in [0.4, 0.5) is 0 Å². The summed E-state index contributed by atoms with van der Waals surface area (Å²) in [5.74, 6) is 1.91. The summed E-state index contributed by atoms with van der Waals surface area (Å²) in [4.78, 5) is 4.33. The molecule has 0 saturated heterocycles. The number of aromatic nitrogens is 2. The number of ether oxygens (including phenoxy) is 1.